The molecule has 1 aromatic carbocycles. The van der Waals surface area contributed by atoms with Crippen LogP contribution >= 0.6 is 0 Å². The van der Waals surface area contributed by atoms with Crippen molar-refractivity contribution in [2.24, 2.45) is 0 Å². The number of rotatable bonds is 8. The van der Waals surface area contributed by atoms with Crippen LogP contribution in [0.25, 0.3) is 0 Å². The maximum atomic E-state index is 12.8. The van der Waals surface area contributed by atoms with E-state index < -0.39 is 0 Å². The highest BCUT2D eigenvalue weighted by molar-refractivity contribution is 5.99. The maximum absolute atomic E-state index is 12.8. The Bertz CT molecular complexity index is 998. The Morgan fingerprint density at radius 2 is 1.90 bits per heavy atom. The third-order valence-corrected chi connectivity index (χ3v) is 4.73. The fraction of sp³-hybridized carbons (Fsp3) is 0.318. The third kappa shape index (κ3) is 5.13. The monoisotopic (exact) mass is 392 g/mol. The van der Waals surface area contributed by atoms with Crippen molar-refractivity contribution >= 4 is 11.7 Å². The third-order valence-electron chi connectivity index (χ3n) is 4.73. The van der Waals surface area contributed by atoms with Gasteiger partial charge in [0, 0.05) is 44.0 Å². The second-order valence-electron chi connectivity index (χ2n) is 6.87. The summed E-state index contributed by atoms with van der Waals surface area (Å²) in [5.41, 5.74) is 2.48. The normalized spacial score (nSPS) is 11.8. The number of hydrogen-bond acceptors (Lipinski definition) is 6. The summed E-state index contributed by atoms with van der Waals surface area (Å²) in [6.07, 6.45) is 1.44. The molecule has 0 aliphatic rings. The Balaban J connectivity index is 1.80. The summed E-state index contributed by atoms with van der Waals surface area (Å²) in [6.45, 7) is 3.74. The molecule has 0 spiro atoms. The highest BCUT2D eigenvalue weighted by atomic mass is 16.4. The van der Waals surface area contributed by atoms with Crippen molar-refractivity contribution in [1.29, 1.82) is 0 Å². The molecule has 150 valence electrons. The van der Waals surface area contributed by atoms with E-state index in [-0.39, 0.29) is 23.3 Å². The van der Waals surface area contributed by atoms with E-state index in [0.717, 1.165) is 5.56 Å². The summed E-state index contributed by atoms with van der Waals surface area (Å²) in [4.78, 5) is 29.5. The topological polar surface area (TPSA) is 98.0 Å². The van der Waals surface area contributed by atoms with E-state index in [2.05, 4.69) is 20.5 Å². The van der Waals surface area contributed by atoms with Crippen LogP contribution in [0.2, 0.25) is 0 Å². The van der Waals surface area contributed by atoms with Crippen molar-refractivity contribution in [3.8, 4) is 0 Å². The number of carbonyl (C=O) groups is 2. The van der Waals surface area contributed by atoms with Crippen molar-refractivity contribution in [1.82, 2.24) is 20.5 Å². The first-order valence-corrected chi connectivity index (χ1v) is 9.59. The number of carbonyl (C=O) groups excluding carboxylic acids is 2. The molecule has 7 heteroatoms. The predicted molar refractivity (Wildman–Crippen MR) is 108 cm³/mol. The van der Waals surface area contributed by atoms with Crippen molar-refractivity contribution in [3.63, 3.8) is 0 Å². The fourth-order valence-corrected chi connectivity index (χ4v) is 3.07. The van der Waals surface area contributed by atoms with E-state index in [9.17, 15) is 9.59 Å². The quantitative estimate of drug-likeness (QED) is 0.589. The number of hydrogen-bond donors (Lipinski definition) is 1. The average molecular weight is 392 g/mol. The van der Waals surface area contributed by atoms with Crippen LogP contribution in [0.4, 0.5) is 0 Å². The minimum absolute atomic E-state index is 0.0460. The number of nitrogens with zero attached hydrogens (tertiary/aromatic N) is 3. The molecule has 1 N–H and O–H groups in total. The summed E-state index contributed by atoms with van der Waals surface area (Å²) >= 11 is 0. The second-order valence-corrected chi connectivity index (χ2v) is 6.87. The number of amides is 1. The summed E-state index contributed by atoms with van der Waals surface area (Å²) in [6, 6.07) is 13.2. The first-order valence-electron chi connectivity index (χ1n) is 9.59. The van der Waals surface area contributed by atoms with Gasteiger partial charge in [0.25, 0.3) is 5.91 Å². The number of aryl methyl sites for hydroxylation is 2. The highest BCUT2D eigenvalue weighted by Crippen LogP contribution is 2.24. The maximum Gasteiger partial charge on any atom is 0.269 e. The molecule has 0 radical (unpaired) electrons. The van der Waals surface area contributed by atoms with Gasteiger partial charge in [-0.05, 0) is 24.1 Å². The first kappa shape index (κ1) is 20.4. The summed E-state index contributed by atoms with van der Waals surface area (Å²) in [5, 5.41) is 10.3. The SMILES string of the molecule is CNC(=O)c1cc(C(=O)CCCc2nnc(C)o2)cc([C@@H](C)c2ccccc2)n1. The molecular formula is C22H24N4O3. The molecule has 0 fully saturated rings. The lowest BCUT2D eigenvalue weighted by molar-refractivity contribution is 0.0958. The van der Waals surface area contributed by atoms with Gasteiger partial charge in [0.15, 0.2) is 5.78 Å². The van der Waals surface area contributed by atoms with Gasteiger partial charge in [0.1, 0.15) is 5.69 Å². The Labute approximate surface area is 169 Å². The summed E-state index contributed by atoms with van der Waals surface area (Å²) in [7, 11) is 1.55. The number of aromatic nitrogens is 3. The summed E-state index contributed by atoms with van der Waals surface area (Å²) in [5.74, 6) is 0.621. The van der Waals surface area contributed by atoms with Crippen LogP contribution in [0.3, 0.4) is 0 Å². The smallest absolute Gasteiger partial charge is 0.269 e. The zero-order valence-electron chi connectivity index (χ0n) is 16.8. The molecule has 0 unspecified atom stereocenters. The van der Waals surface area contributed by atoms with Crippen molar-refractivity contribution in [3.05, 3.63) is 76.8 Å². The largest absolute Gasteiger partial charge is 0.426 e. The summed E-state index contributed by atoms with van der Waals surface area (Å²) < 4.78 is 5.34. The highest BCUT2D eigenvalue weighted by Gasteiger charge is 2.18. The van der Waals surface area contributed by atoms with Gasteiger partial charge >= 0.3 is 0 Å². The minimum Gasteiger partial charge on any atom is -0.426 e. The Morgan fingerprint density at radius 3 is 2.55 bits per heavy atom. The van der Waals surface area contributed by atoms with Crippen LogP contribution in [0.5, 0.6) is 0 Å². The molecule has 0 saturated heterocycles. The molecular weight excluding hydrogens is 368 g/mol. The zero-order valence-corrected chi connectivity index (χ0v) is 16.8. The number of benzene rings is 1. The van der Waals surface area contributed by atoms with Gasteiger partial charge in [0.2, 0.25) is 11.8 Å². The van der Waals surface area contributed by atoms with Gasteiger partial charge in [-0.3, -0.25) is 9.59 Å². The van der Waals surface area contributed by atoms with Crippen LogP contribution in [0.1, 0.15) is 69.6 Å². The van der Waals surface area contributed by atoms with Gasteiger partial charge in [-0.1, -0.05) is 37.3 Å². The van der Waals surface area contributed by atoms with E-state index in [1.165, 1.54) is 0 Å². The molecule has 3 rings (SSSR count). The van der Waals surface area contributed by atoms with Gasteiger partial charge < -0.3 is 9.73 Å². The number of pyridine rings is 1. The molecule has 0 aliphatic carbocycles. The van der Waals surface area contributed by atoms with Gasteiger partial charge in [-0.25, -0.2) is 4.98 Å². The first-order chi connectivity index (χ1) is 14.0. The lowest BCUT2D eigenvalue weighted by Crippen LogP contribution is -2.21. The number of nitrogens with one attached hydrogen (secondary N) is 1. The molecule has 1 atom stereocenters. The van der Waals surface area contributed by atoms with E-state index in [4.69, 9.17) is 4.42 Å². The van der Waals surface area contributed by atoms with E-state index in [1.54, 1.807) is 26.1 Å². The van der Waals surface area contributed by atoms with Gasteiger partial charge in [-0.2, -0.15) is 0 Å². The van der Waals surface area contributed by atoms with Crippen LogP contribution < -0.4 is 5.32 Å². The number of ketones is 1. The lowest BCUT2D eigenvalue weighted by atomic mass is 9.94. The predicted octanol–water partition coefficient (Wildman–Crippen LogP) is 3.49. The van der Waals surface area contributed by atoms with E-state index in [0.29, 0.717) is 42.3 Å². The zero-order chi connectivity index (χ0) is 20.8. The van der Waals surface area contributed by atoms with Crippen LogP contribution in [0, 0.1) is 6.92 Å². The molecule has 0 saturated carbocycles. The molecule has 3 aromatic rings. The molecule has 2 aromatic heterocycles. The van der Waals surface area contributed by atoms with Crippen molar-refractivity contribution in [2.45, 2.75) is 39.0 Å². The van der Waals surface area contributed by atoms with E-state index in [1.807, 2.05) is 37.3 Å². The Hall–Kier alpha value is -3.35. The van der Waals surface area contributed by atoms with Crippen LogP contribution in [0.15, 0.2) is 46.9 Å². The fourth-order valence-electron chi connectivity index (χ4n) is 3.07. The second kappa shape index (κ2) is 9.23. The average Bonchev–Trinajstić information content (AvgIpc) is 3.17. The lowest BCUT2D eigenvalue weighted by Gasteiger charge is -2.14. The standard InChI is InChI=1S/C22H24N4O3/c1-14(16-8-5-4-6-9-16)18-12-17(13-19(24-18)22(28)23-3)20(27)10-7-11-21-26-25-15(2)29-21/h4-6,8-9,12-14H,7,10-11H2,1-3H3,(H,23,28)/t14-/m0/s1. The molecule has 0 bridgehead atoms. The Morgan fingerprint density at radius 1 is 1.14 bits per heavy atom. The van der Waals surface area contributed by atoms with E-state index >= 15 is 0 Å². The van der Waals surface area contributed by atoms with Crippen LogP contribution in [-0.2, 0) is 6.42 Å². The minimum atomic E-state index is -0.317. The van der Waals surface area contributed by atoms with Crippen molar-refractivity contribution in [2.75, 3.05) is 7.05 Å². The molecule has 2 heterocycles. The van der Waals surface area contributed by atoms with Gasteiger partial charge in [0.05, 0.1) is 0 Å². The molecule has 29 heavy (non-hydrogen) atoms. The molecule has 0 aliphatic heterocycles. The van der Waals surface area contributed by atoms with Crippen molar-refractivity contribution < 1.29 is 14.0 Å². The Kier molecular flexibility index (Phi) is 6.49. The van der Waals surface area contributed by atoms with Gasteiger partial charge in [-0.15, -0.1) is 10.2 Å². The molecule has 7 nitrogen and oxygen atoms in total. The molecule has 1 amide bonds. The number of Topliss-reactive ketones (excluding diaryl/α,β-unsaturated/α-hetero) is 1. The van der Waals surface area contributed by atoms with Crippen LogP contribution in [-0.4, -0.2) is 33.9 Å².